The second-order valence-electron chi connectivity index (χ2n) is 13.1. The molecule has 2 aliphatic rings. The number of benzene rings is 2. The number of ether oxygens (including phenoxy) is 1. The van der Waals surface area contributed by atoms with Crippen molar-refractivity contribution in [3.05, 3.63) is 69.8 Å². The van der Waals surface area contributed by atoms with Crippen molar-refractivity contribution in [1.29, 1.82) is 0 Å². The SMILES string of the molecule is CCC(c1ccc(C(F)(F)F)cc1CN(Cc1cc(C(F)(F)F)cc(C(F)(F)F)c1)/C(N)=N/N(C)N)N1CCC(O)(CN2CCCOCC2)CC1. The van der Waals surface area contributed by atoms with E-state index in [0.29, 0.717) is 76.4 Å². The number of nitrogens with two attached hydrogens (primary N) is 2. The van der Waals surface area contributed by atoms with Gasteiger partial charge in [0.15, 0.2) is 0 Å². The Kier molecular flexibility index (Phi) is 12.8. The molecule has 2 heterocycles. The van der Waals surface area contributed by atoms with Gasteiger partial charge in [0.1, 0.15) is 0 Å². The van der Waals surface area contributed by atoms with Crippen LogP contribution in [0, 0.1) is 0 Å². The summed E-state index contributed by atoms with van der Waals surface area (Å²) in [5, 5.41) is 16.1. The van der Waals surface area contributed by atoms with Crippen LogP contribution in [-0.2, 0) is 36.4 Å². The van der Waals surface area contributed by atoms with Gasteiger partial charge in [-0.1, -0.05) is 13.0 Å². The first-order chi connectivity index (χ1) is 23.7. The van der Waals surface area contributed by atoms with Crippen molar-refractivity contribution in [1.82, 2.24) is 19.8 Å². The number of rotatable bonds is 10. The van der Waals surface area contributed by atoms with Crippen LogP contribution in [0.4, 0.5) is 39.5 Å². The first kappa shape index (κ1) is 40.5. The third kappa shape index (κ3) is 11.1. The first-order valence-corrected chi connectivity index (χ1v) is 16.5. The zero-order chi connectivity index (χ0) is 37.8. The maximum atomic E-state index is 14.0. The Hall–Kier alpha value is -3.32. The zero-order valence-corrected chi connectivity index (χ0v) is 28.4. The minimum atomic E-state index is -5.12. The molecule has 0 aromatic heterocycles. The molecule has 2 aromatic rings. The Labute approximate surface area is 290 Å². The number of hydrazine groups is 1. The number of β-amino-alcohol motifs (C(OH)–C–C–N with tert-alkyl or cyclic N) is 1. The molecular formula is C33H44F9N7O2. The number of piperidine rings is 1. The van der Waals surface area contributed by atoms with Crippen LogP contribution in [0.25, 0.3) is 0 Å². The number of alkyl halides is 9. The van der Waals surface area contributed by atoms with E-state index in [1.54, 1.807) is 0 Å². The molecule has 0 radical (unpaired) electrons. The predicted molar refractivity (Wildman–Crippen MR) is 171 cm³/mol. The van der Waals surface area contributed by atoms with Crippen molar-refractivity contribution in [2.45, 2.75) is 75.9 Å². The summed E-state index contributed by atoms with van der Waals surface area (Å²) >= 11 is 0. The van der Waals surface area contributed by atoms with Crippen molar-refractivity contribution in [3.8, 4) is 0 Å². The lowest BCUT2D eigenvalue weighted by Gasteiger charge is -2.44. The van der Waals surface area contributed by atoms with E-state index >= 15 is 0 Å². The van der Waals surface area contributed by atoms with Gasteiger partial charge in [0.25, 0.3) is 0 Å². The molecule has 0 saturated carbocycles. The Morgan fingerprint density at radius 1 is 0.882 bits per heavy atom. The lowest BCUT2D eigenvalue weighted by Crippen LogP contribution is -2.52. The number of likely N-dealkylation sites (tertiary alicyclic amines) is 1. The maximum absolute atomic E-state index is 14.0. The number of hydrazone groups is 1. The largest absolute Gasteiger partial charge is 0.416 e. The Morgan fingerprint density at radius 3 is 2.04 bits per heavy atom. The van der Waals surface area contributed by atoms with Crippen LogP contribution in [0.2, 0.25) is 0 Å². The lowest BCUT2D eigenvalue weighted by molar-refractivity contribution is -0.143. The summed E-state index contributed by atoms with van der Waals surface area (Å²) in [5.74, 6) is 5.15. The highest BCUT2D eigenvalue weighted by Gasteiger charge is 2.39. The summed E-state index contributed by atoms with van der Waals surface area (Å²) < 4.78 is 130. The number of guanidine groups is 1. The van der Waals surface area contributed by atoms with Crippen LogP contribution >= 0.6 is 0 Å². The summed E-state index contributed by atoms with van der Waals surface area (Å²) in [6.07, 6.45) is -12.9. The topological polar surface area (TPSA) is 107 Å². The summed E-state index contributed by atoms with van der Waals surface area (Å²) in [6, 6.07) is 3.75. The van der Waals surface area contributed by atoms with Gasteiger partial charge in [-0.2, -0.15) is 39.5 Å². The minimum absolute atomic E-state index is 0.0161. The van der Waals surface area contributed by atoms with Crippen LogP contribution < -0.4 is 11.6 Å². The fourth-order valence-corrected chi connectivity index (χ4v) is 6.68. The van der Waals surface area contributed by atoms with E-state index in [4.69, 9.17) is 16.3 Å². The van der Waals surface area contributed by atoms with Gasteiger partial charge in [0.2, 0.25) is 5.96 Å². The van der Waals surface area contributed by atoms with Crippen molar-refractivity contribution >= 4 is 5.96 Å². The highest BCUT2D eigenvalue weighted by Crippen LogP contribution is 2.39. The van der Waals surface area contributed by atoms with Crippen LogP contribution in [0.3, 0.4) is 0 Å². The number of hydrogen-bond donors (Lipinski definition) is 3. The van der Waals surface area contributed by atoms with Gasteiger partial charge in [-0.05, 0) is 72.7 Å². The Balaban J connectivity index is 1.69. The van der Waals surface area contributed by atoms with Gasteiger partial charge in [-0.15, -0.1) is 5.10 Å². The second kappa shape index (κ2) is 16.1. The third-order valence-corrected chi connectivity index (χ3v) is 9.18. The van der Waals surface area contributed by atoms with Crippen molar-refractivity contribution in [2.24, 2.45) is 16.7 Å². The van der Waals surface area contributed by atoms with Gasteiger partial charge in [0.05, 0.1) is 28.9 Å². The summed E-state index contributed by atoms with van der Waals surface area (Å²) in [6.45, 7) is 4.73. The molecule has 0 amide bonds. The molecule has 9 nitrogen and oxygen atoms in total. The van der Waals surface area contributed by atoms with Gasteiger partial charge >= 0.3 is 18.5 Å². The fraction of sp³-hybridized carbons (Fsp3) is 0.606. The number of halogens is 9. The monoisotopic (exact) mass is 741 g/mol. The van der Waals surface area contributed by atoms with Crippen molar-refractivity contribution in [2.75, 3.05) is 53.0 Å². The third-order valence-electron chi connectivity index (χ3n) is 9.18. The summed E-state index contributed by atoms with van der Waals surface area (Å²) in [7, 11) is 1.26. The standard InChI is InChI=1S/C33H44F9N7O2/c1-3-28(48-10-7-30(50,8-11-48)21-47-9-4-13-51-14-12-47)27-6-5-24(31(34,35)36)17-23(27)20-49(29(43)45-46(2)44)19-22-15-25(32(37,38)39)18-26(16-22)33(40,41)42/h5-6,15-18,28,50H,3-4,7-14,19-21,44H2,1-2H3,(H2,43,45). The lowest BCUT2D eigenvalue weighted by atomic mass is 9.87. The van der Waals surface area contributed by atoms with Gasteiger partial charge < -0.3 is 20.5 Å². The number of nitrogens with zero attached hydrogens (tertiary/aromatic N) is 5. The van der Waals surface area contributed by atoms with E-state index in [-0.39, 0.29) is 11.6 Å². The molecule has 2 saturated heterocycles. The molecule has 2 aromatic carbocycles. The highest BCUT2D eigenvalue weighted by molar-refractivity contribution is 5.78. The molecular weight excluding hydrogens is 697 g/mol. The second-order valence-corrected chi connectivity index (χ2v) is 13.1. The molecule has 5 N–H and O–H groups in total. The normalized spacial score (nSPS) is 19.1. The van der Waals surface area contributed by atoms with E-state index in [2.05, 4.69) is 14.9 Å². The minimum Gasteiger partial charge on any atom is -0.388 e. The molecule has 1 unspecified atom stereocenters. The van der Waals surface area contributed by atoms with Gasteiger partial charge in [-0.3, -0.25) is 9.80 Å². The van der Waals surface area contributed by atoms with Crippen molar-refractivity contribution in [3.63, 3.8) is 0 Å². The molecule has 51 heavy (non-hydrogen) atoms. The average Bonchev–Trinajstić information content (AvgIpc) is 3.29. The van der Waals surface area contributed by atoms with E-state index in [1.165, 1.54) is 13.1 Å². The smallest absolute Gasteiger partial charge is 0.388 e. The Morgan fingerprint density at radius 2 is 1.49 bits per heavy atom. The van der Waals surface area contributed by atoms with E-state index in [0.717, 1.165) is 35.1 Å². The predicted octanol–water partition coefficient (Wildman–Crippen LogP) is 5.78. The molecule has 4 rings (SSSR count). The quantitative estimate of drug-likeness (QED) is 0.0926. The Bertz CT molecular complexity index is 1450. The molecule has 2 aliphatic heterocycles. The molecule has 0 aliphatic carbocycles. The van der Waals surface area contributed by atoms with E-state index < -0.39 is 71.5 Å². The van der Waals surface area contributed by atoms with Crippen molar-refractivity contribution < 1.29 is 49.4 Å². The molecule has 18 heteroatoms. The zero-order valence-electron chi connectivity index (χ0n) is 28.4. The molecule has 2 fully saturated rings. The number of hydrogen-bond acceptors (Lipinski definition) is 7. The van der Waals surface area contributed by atoms with Crippen LogP contribution in [0.15, 0.2) is 41.5 Å². The molecule has 0 bridgehead atoms. The molecule has 286 valence electrons. The molecule has 0 spiro atoms. The van der Waals surface area contributed by atoms with E-state index in [9.17, 15) is 44.6 Å². The average molecular weight is 742 g/mol. The van der Waals surface area contributed by atoms with Crippen LogP contribution in [0.5, 0.6) is 0 Å². The van der Waals surface area contributed by atoms with Crippen LogP contribution in [0.1, 0.15) is 72.0 Å². The fourth-order valence-electron chi connectivity index (χ4n) is 6.68. The maximum Gasteiger partial charge on any atom is 0.416 e. The van der Waals surface area contributed by atoms with E-state index in [1.807, 2.05) is 6.92 Å². The molecule has 1 atom stereocenters. The number of aliphatic hydroxyl groups is 1. The first-order valence-electron chi connectivity index (χ1n) is 16.5. The summed E-state index contributed by atoms with van der Waals surface area (Å²) in [4.78, 5) is 5.30. The highest BCUT2D eigenvalue weighted by atomic mass is 19.4. The van der Waals surface area contributed by atoms with Crippen LogP contribution in [-0.4, -0.2) is 89.5 Å². The summed E-state index contributed by atoms with van der Waals surface area (Å²) in [5.41, 5.74) is 1.14. The van der Waals surface area contributed by atoms with Gasteiger partial charge in [0, 0.05) is 65.5 Å². The van der Waals surface area contributed by atoms with Gasteiger partial charge in [-0.25, -0.2) is 11.0 Å².